The lowest BCUT2D eigenvalue weighted by molar-refractivity contribution is -0.384. The van der Waals surface area contributed by atoms with Gasteiger partial charge in [-0.2, -0.15) is 0 Å². The molecule has 9 nitrogen and oxygen atoms in total. The summed E-state index contributed by atoms with van der Waals surface area (Å²) in [6.45, 7) is 5.48. The standard InChI is InChI=1S/C23H17N3O6/c1-11-8-16-17(9-12(11)2)31-22-19(21(16)27)20(14-4-6-15(7-5-14)26(29)30)25(23(22)28)18-10-13(3)32-24-18/h4-10,20H,1-3H3/t20-/m0/s1. The summed E-state index contributed by atoms with van der Waals surface area (Å²) < 4.78 is 11.1. The fourth-order valence-electron chi connectivity index (χ4n) is 4.02. The number of carbonyl (C=O) groups excluding carboxylic acids is 1. The smallest absolute Gasteiger partial charge is 0.296 e. The monoisotopic (exact) mass is 431 g/mol. The number of aromatic nitrogens is 1. The van der Waals surface area contributed by atoms with Crippen LogP contribution in [0.5, 0.6) is 0 Å². The van der Waals surface area contributed by atoms with Crippen LogP contribution in [0, 0.1) is 30.9 Å². The van der Waals surface area contributed by atoms with Gasteiger partial charge in [-0.05, 0) is 61.7 Å². The van der Waals surface area contributed by atoms with E-state index in [9.17, 15) is 19.7 Å². The van der Waals surface area contributed by atoms with E-state index in [1.54, 1.807) is 25.1 Å². The lowest BCUT2D eigenvalue weighted by atomic mass is 9.97. The van der Waals surface area contributed by atoms with E-state index >= 15 is 0 Å². The van der Waals surface area contributed by atoms with Crippen LogP contribution in [0.25, 0.3) is 11.0 Å². The minimum absolute atomic E-state index is 0.0743. The number of hydrogen-bond donors (Lipinski definition) is 0. The third kappa shape index (κ3) is 2.82. The van der Waals surface area contributed by atoms with Gasteiger partial charge in [0.2, 0.25) is 5.76 Å². The zero-order valence-electron chi connectivity index (χ0n) is 17.4. The summed E-state index contributed by atoms with van der Waals surface area (Å²) in [5.74, 6) is 0.101. The van der Waals surface area contributed by atoms with E-state index in [1.165, 1.54) is 29.2 Å². The summed E-state index contributed by atoms with van der Waals surface area (Å²) in [7, 11) is 0. The SMILES string of the molecule is Cc1cc(N2C(=O)c3oc4cc(C)c(C)cc4c(=O)c3[C@@H]2c2ccc([N+](=O)[O-])cc2)no1. The summed E-state index contributed by atoms with van der Waals surface area (Å²) in [4.78, 5) is 38.9. The van der Waals surface area contributed by atoms with E-state index in [1.807, 2.05) is 13.8 Å². The molecule has 0 aliphatic carbocycles. The fraction of sp³-hybridized carbons (Fsp3) is 0.174. The van der Waals surface area contributed by atoms with E-state index in [-0.39, 0.29) is 28.3 Å². The van der Waals surface area contributed by atoms with Crippen molar-refractivity contribution in [3.05, 3.63) is 96.6 Å². The lowest BCUT2D eigenvalue weighted by Crippen LogP contribution is -2.29. The van der Waals surface area contributed by atoms with Crippen LogP contribution in [-0.4, -0.2) is 16.0 Å². The second kappa shape index (κ2) is 6.88. The predicted molar refractivity (Wildman–Crippen MR) is 115 cm³/mol. The van der Waals surface area contributed by atoms with Gasteiger partial charge in [0, 0.05) is 18.2 Å². The maximum atomic E-state index is 13.6. The highest BCUT2D eigenvalue weighted by Gasteiger charge is 2.45. The summed E-state index contributed by atoms with van der Waals surface area (Å²) in [5, 5.41) is 15.4. The fourth-order valence-corrected chi connectivity index (χ4v) is 4.02. The molecule has 1 aliphatic rings. The zero-order valence-corrected chi connectivity index (χ0v) is 17.4. The van der Waals surface area contributed by atoms with Crippen LogP contribution >= 0.6 is 0 Å². The Labute approximate surface area is 181 Å². The number of non-ortho nitro benzene ring substituents is 1. The first-order chi connectivity index (χ1) is 15.3. The molecule has 0 bridgehead atoms. The summed E-state index contributed by atoms with van der Waals surface area (Å²) in [6, 6.07) is 9.91. The molecular formula is C23H17N3O6. The Morgan fingerprint density at radius 3 is 2.34 bits per heavy atom. The zero-order chi connectivity index (χ0) is 22.7. The second-order valence-electron chi connectivity index (χ2n) is 7.83. The maximum absolute atomic E-state index is 13.6. The van der Waals surface area contributed by atoms with E-state index in [0.29, 0.717) is 22.3 Å². The molecule has 0 N–H and O–H groups in total. The minimum Gasteiger partial charge on any atom is -0.450 e. The van der Waals surface area contributed by atoms with Gasteiger partial charge < -0.3 is 8.94 Å². The number of fused-ring (bicyclic) bond motifs is 2. The molecule has 9 heteroatoms. The third-order valence-electron chi connectivity index (χ3n) is 5.77. The number of nitrogens with zero attached hydrogens (tertiary/aromatic N) is 3. The molecule has 32 heavy (non-hydrogen) atoms. The topological polar surface area (TPSA) is 120 Å². The Kier molecular flexibility index (Phi) is 4.23. The van der Waals surface area contributed by atoms with Gasteiger partial charge in [-0.1, -0.05) is 5.16 Å². The number of anilines is 1. The van der Waals surface area contributed by atoms with Crippen molar-refractivity contribution in [3.8, 4) is 0 Å². The van der Waals surface area contributed by atoms with Crippen molar-refractivity contribution in [3.63, 3.8) is 0 Å². The largest absolute Gasteiger partial charge is 0.450 e. The molecular weight excluding hydrogens is 414 g/mol. The average molecular weight is 431 g/mol. The van der Waals surface area contributed by atoms with Crippen molar-refractivity contribution in [1.82, 2.24) is 5.16 Å². The van der Waals surface area contributed by atoms with E-state index in [4.69, 9.17) is 8.94 Å². The molecule has 1 aliphatic heterocycles. The van der Waals surface area contributed by atoms with Crippen molar-refractivity contribution in [1.29, 1.82) is 0 Å². The van der Waals surface area contributed by atoms with Crippen LogP contribution in [0.15, 0.2) is 56.2 Å². The molecule has 4 aromatic rings. The van der Waals surface area contributed by atoms with Gasteiger partial charge in [-0.25, -0.2) is 0 Å². The number of aryl methyl sites for hydroxylation is 3. The van der Waals surface area contributed by atoms with Crippen LogP contribution in [-0.2, 0) is 0 Å². The minimum atomic E-state index is -0.870. The van der Waals surface area contributed by atoms with Gasteiger partial charge in [0.15, 0.2) is 11.2 Å². The van der Waals surface area contributed by atoms with Gasteiger partial charge in [0.05, 0.1) is 21.9 Å². The Morgan fingerprint density at radius 1 is 1.03 bits per heavy atom. The molecule has 2 aromatic carbocycles. The van der Waals surface area contributed by atoms with Crippen LogP contribution in [0.3, 0.4) is 0 Å². The lowest BCUT2D eigenvalue weighted by Gasteiger charge is -2.22. The number of hydrogen-bond acceptors (Lipinski definition) is 7. The van der Waals surface area contributed by atoms with Gasteiger partial charge in [0.25, 0.3) is 11.6 Å². The normalized spacial score (nSPS) is 15.4. The van der Waals surface area contributed by atoms with Crippen molar-refractivity contribution in [2.75, 3.05) is 4.90 Å². The van der Waals surface area contributed by atoms with E-state index in [2.05, 4.69) is 5.16 Å². The van der Waals surface area contributed by atoms with E-state index in [0.717, 1.165) is 11.1 Å². The van der Waals surface area contributed by atoms with E-state index < -0.39 is 16.9 Å². The quantitative estimate of drug-likeness (QED) is 0.349. The molecule has 160 valence electrons. The van der Waals surface area contributed by atoms with Crippen molar-refractivity contribution < 1.29 is 18.7 Å². The summed E-state index contributed by atoms with van der Waals surface area (Å²) in [6.07, 6.45) is 0. The Bertz CT molecular complexity index is 1480. The molecule has 0 unspecified atom stereocenters. The summed E-state index contributed by atoms with van der Waals surface area (Å²) >= 11 is 0. The number of rotatable bonds is 3. The van der Waals surface area contributed by atoms with Gasteiger partial charge in [-0.3, -0.25) is 24.6 Å². The number of carbonyl (C=O) groups is 1. The highest BCUT2D eigenvalue weighted by Crippen LogP contribution is 2.41. The van der Waals surface area contributed by atoms with Crippen LogP contribution < -0.4 is 10.3 Å². The maximum Gasteiger partial charge on any atom is 0.296 e. The highest BCUT2D eigenvalue weighted by molar-refractivity contribution is 6.10. The van der Waals surface area contributed by atoms with Gasteiger partial charge in [-0.15, -0.1) is 0 Å². The Balaban J connectivity index is 1.80. The van der Waals surface area contributed by atoms with Gasteiger partial charge >= 0.3 is 0 Å². The summed E-state index contributed by atoms with van der Waals surface area (Å²) in [5.41, 5.74) is 2.43. The van der Waals surface area contributed by atoms with Gasteiger partial charge in [0.1, 0.15) is 11.3 Å². The first kappa shape index (κ1) is 19.7. The first-order valence-corrected chi connectivity index (χ1v) is 9.85. The molecule has 0 saturated carbocycles. The predicted octanol–water partition coefficient (Wildman–Crippen LogP) is 4.36. The number of nitro groups is 1. The van der Waals surface area contributed by atoms with Crippen molar-refractivity contribution >= 4 is 28.4 Å². The number of amides is 1. The number of nitro benzene ring substituents is 1. The second-order valence-corrected chi connectivity index (χ2v) is 7.83. The molecule has 1 atom stereocenters. The molecule has 0 radical (unpaired) electrons. The van der Waals surface area contributed by atoms with Crippen molar-refractivity contribution in [2.45, 2.75) is 26.8 Å². The highest BCUT2D eigenvalue weighted by atomic mass is 16.6. The molecule has 2 aromatic heterocycles. The third-order valence-corrected chi connectivity index (χ3v) is 5.77. The Morgan fingerprint density at radius 2 is 1.72 bits per heavy atom. The van der Waals surface area contributed by atoms with Crippen LogP contribution in [0.4, 0.5) is 11.5 Å². The Hall–Kier alpha value is -4.27. The van der Waals surface area contributed by atoms with Crippen molar-refractivity contribution in [2.24, 2.45) is 0 Å². The van der Waals surface area contributed by atoms with Crippen LogP contribution in [0.1, 0.15) is 44.6 Å². The molecule has 1 amide bonds. The average Bonchev–Trinajstić information content (AvgIpc) is 3.31. The first-order valence-electron chi connectivity index (χ1n) is 9.85. The molecule has 0 saturated heterocycles. The molecule has 0 spiro atoms. The van der Waals surface area contributed by atoms with Crippen LogP contribution in [0.2, 0.25) is 0 Å². The molecule has 0 fully saturated rings. The molecule has 5 rings (SSSR count). The number of benzene rings is 2. The molecule has 3 heterocycles.